The fraction of sp³-hybridized carbons (Fsp3) is 1.00. The number of ether oxygens (including phenoxy) is 1. The van der Waals surface area contributed by atoms with Crippen LogP contribution in [0.25, 0.3) is 0 Å². The largest absolute Gasteiger partial charge is 0.384 e. The summed E-state index contributed by atoms with van der Waals surface area (Å²) < 4.78 is 5.49. The van der Waals surface area contributed by atoms with Crippen LogP contribution in [0.4, 0.5) is 0 Å². The van der Waals surface area contributed by atoms with Gasteiger partial charge >= 0.3 is 0 Å². The molecule has 2 atom stereocenters. The van der Waals surface area contributed by atoms with Gasteiger partial charge in [-0.25, -0.2) is 0 Å². The minimum absolute atomic E-state index is 0.297. The summed E-state index contributed by atoms with van der Waals surface area (Å²) in [4.78, 5) is 7.90. The van der Waals surface area contributed by atoms with Crippen molar-refractivity contribution in [2.45, 2.75) is 46.6 Å². The van der Waals surface area contributed by atoms with Crippen LogP contribution in [0.5, 0.6) is 0 Å². The molecule has 0 radical (unpaired) electrons. The summed E-state index contributed by atoms with van der Waals surface area (Å²) in [6.45, 7) is 19.1. The molecule has 0 aromatic rings. The molecule has 0 amide bonds. The van der Waals surface area contributed by atoms with E-state index in [1.807, 2.05) is 7.11 Å². The molecule has 2 rings (SSSR count). The lowest BCUT2D eigenvalue weighted by Gasteiger charge is -2.48. The molecule has 0 bridgehead atoms. The number of hydrogen-bond acceptors (Lipinski definition) is 4. The van der Waals surface area contributed by atoms with Crippen LogP contribution < -0.4 is 0 Å². The Labute approximate surface area is 144 Å². The minimum Gasteiger partial charge on any atom is -0.384 e. The van der Waals surface area contributed by atoms with Gasteiger partial charge in [-0.1, -0.05) is 27.7 Å². The van der Waals surface area contributed by atoms with Crippen molar-refractivity contribution in [3.05, 3.63) is 0 Å². The van der Waals surface area contributed by atoms with E-state index in [1.165, 1.54) is 58.7 Å². The van der Waals surface area contributed by atoms with Gasteiger partial charge in [0.2, 0.25) is 0 Å². The van der Waals surface area contributed by atoms with Crippen LogP contribution in [0.1, 0.15) is 40.5 Å². The average molecular weight is 326 g/mol. The van der Waals surface area contributed by atoms with Gasteiger partial charge in [-0.3, -0.25) is 9.80 Å². The van der Waals surface area contributed by atoms with Crippen LogP contribution in [-0.2, 0) is 4.74 Å². The Morgan fingerprint density at radius 2 is 1.74 bits per heavy atom. The Morgan fingerprint density at radius 1 is 1.04 bits per heavy atom. The van der Waals surface area contributed by atoms with Gasteiger partial charge in [-0.05, 0) is 30.7 Å². The highest BCUT2D eigenvalue weighted by molar-refractivity contribution is 4.91. The van der Waals surface area contributed by atoms with E-state index in [4.69, 9.17) is 4.74 Å². The van der Waals surface area contributed by atoms with Gasteiger partial charge in [0.25, 0.3) is 0 Å². The van der Waals surface area contributed by atoms with Crippen molar-refractivity contribution in [3.8, 4) is 0 Å². The van der Waals surface area contributed by atoms with Crippen molar-refractivity contribution in [2.24, 2.45) is 10.8 Å². The Morgan fingerprint density at radius 3 is 2.39 bits per heavy atom. The normalized spacial score (nSPS) is 27.7. The third kappa shape index (κ3) is 5.42. The highest BCUT2D eigenvalue weighted by Gasteiger charge is 2.36. The average Bonchev–Trinajstić information content (AvgIpc) is 2.46. The molecule has 2 heterocycles. The Kier molecular flexibility index (Phi) is 6.51. The summed E-state index contributed by atoms with van der Waals surface area (Å²) >= 11 is 0. The van der Waals surface area contributed by atoms with Crippen LogP contribution >= 0.6 is 0 Å². The van der Waals surface area contributed by atoms with Crippen molar-refractivity contribution in [3.63, 3.8) is 0 Å². The van der Waals surface area contributed by atoms with Crippen LogP contribution in [0.3, 0.4) is 0 Å². The number of hydrogen-bond donors (Lipinski definition) is 0. The molecule has 0 aromatic heterocycles. The minimum atomic E-state index is 0.297. The van der Waals surface area contributed by atoms with Gasteiger partial charge in [0.05, 0.1) is 6.61 Å². The zero-order chi connectivity index (χ0) is 17.1. The monoisotopic (exact) mass is 325 g/mol. The van der Waals surface area contributed by atoms with Crippen LogP contribution in [0.2, 0.25) is 0 Å². The number of methoxy groups -OCH3 is 1. The molecule has 23 heavy (non-hydrogen) atoms. The third-order valence-corrected chi connectivity index (χ3v) is 5.88. The first-order valence-electron chi connectivity index (χ1n) is 9.41. The summed E-state index contributed by atoms with van der Waals surface area (Å²) in [6.07, 6.45) is 2.42. The van der Waals surface area contributed by atoms with Gasteiger partial charge in [0, 0.05) is 59.0 Å². The molecule has 4 nitrogen and oxygen atoms in total. The molecule has 136 valence electrons. The standard InChI is InChI=1S/C19H39N3O/c1-7-19(4,16-23-6)14-18(2,3)15-21-9-11-22-10-8-20(5)12-17(22)13-21/h17H,7-16H2,1-6H3. The van der Waals surface area contributed by atoms with Gasteiger partial charge in [-0.2, -0.15) is 0 Å². The molecular weight excluding hydrogens is 286 g/mol. The van der Waals surface area contributed by atoms with Gasteiger partial charge in [0.1, 0.15) is 0 Å². The molecule has 4 heteroatoms. The summed E-state index contributed by atoms with van der Waals surface area (Å²) in [5.74, 6) is 0. The molecule has 2 fully saturated rings. The van der Waals surface area contributed by atoms with Crippen molar-refractivity contribution in [2.75, 3.05) is 66.6 Å². The number of likely N-dealkylation sites (N-methyl/N-ethyl adjacent to an activating group) is 1. The molecule has 2 aliphatic heterocycles. The molecule has 0 aromatic carbocycles. The lowest BCUT2D eigenvalue weighted by Crippen LogP contribution is -2.62. The maximum Gasteiger partial charge on any atom is 0.0516 e. The van der Waals surface area contributed by atoms with Crippen molar-refractivity contribution in [1.29, 1.82) is 0 Å². The maximum absolute atomic E-state index is 5.49. The smallest absolute Gasteiger partial charge is 0.0516 e. The van der Waals surface area contributed by atoms with E-state index in [0.717, 1.165) is 12.6 Å². The van der Waals surface area contributed by atoms with Crippen LogP contribution in [0, 0.1) is 10.8 Å². The summed E-state index contributed by atoms with van der Waals surface area (Å²) in [6, 6.07) is 0.731. The molecule has 0 saturated carbocycles. The van der Waals surface area contributed by atoms with E-state index in [2.05, 4.69) is 49.4 Å². The SMILES string of the molecule is CCC(C)(COC)CC(C)(C)CN1CCN2CCN(C)CC2C1. The fourth-order valence-corrected chi connectivity index (χ4v) is 4.76. The van der Waals surface area contributed by atoms with Gasteiger partial charge in [0.15, 0.2) is 0 Å². The summed E-state index contributed by atoms with van der Waals surface area (Å²) in [5.41, 5.74) is 0.636. The predicted octanol–water partition coefficient (Wildman–Crippen LogP) is 2.40. The first kappa shape index (κ1) is 19.2. The molecule has 0 N–H and O–H groups in total. The molecule has 2 saturated heterocycles. The number of fused-ring (bicyclic) bond motifs is 1. The van der Waals surface area contributed by atoms with Crippen molar-refractivity contribution in [1.82, 2.24) is 14.7 Å². The molecular formula is C19H39N3O. The zero-order valence-electron chi connectivity index (χ0n) is 16.4. The summed E-state index contributed by atoms with van der Waals surface area (Å²) in [7, 11) is 4.09. The third-order valence-electron chi connectivity index (χ3n) is 5.88. The lowest BCUT2D eigenvalue weighted by molar-refractivity contribution is -0.00597. The van der Waals surface area contributed by atoms with Gasteiger partial charge in [-0.15, -0.1) is 0 Å². The Bertz CT molecular complexity index is 374. The molecule has 2 aliphatic rings. The first-order valence-corrected chi connectivity index (χ1v) is 9.41. The van der Waals surface area contributed by atoms with Crippen LogP contribution in [-0.4, -0.2) is 87.3 Å². The lowest BCUT2D eigenvalue weighted by atomic mass is 9.72. The van der Waals surface area contributed by atoms with E-state index in [9.17, 15) is 0 Å². The van der Waals surface area contributed by atoms with E-state index in [0.29, 0.717) is 10.8 Å². The number of nitrogens with zero attached hydrogens (tertiary/aromatic N) is 3. The van der Waals surface area contributed by atoms with E-state index in [1.54, 1.807) is 0 Å². The quantitative estimate of drug-likeness (QED) is 0.715. The van der Waals surface area contributed by atoms with Crippen LogP contribution in [0.15, 0.2) is 0 Å². The second-order valence-corrected chi connectivity index (χ2v) is 9.13. The second-order valence-electron chi connectivity index (χ2n) is 9.13. The second kappa shape index (κ2) is 7.81. The van der Waals surface area contributed by atoms with E-state index < -0.39 is 0 Å². The van der Waals surface area contributed by atoms with E-state index >= 15 is 0 Å². The maximum atomic E-state index is 5.49. The molecule has 0 aliphatic carbocycles. The highest BCUT2D eigenvalue weighted by atomic mass is 16.5. The Hall–Kier alpha value is -0.160. The predicted molar refractivity (Wildman–Crippen MR) is 98.0 cm³/mol. The number of rotatable bonds is 7. The zero-order valence-corrected chi connectivity index (χ0v) is 16.4. The topological polar surface area (TPSA) is 19.0 Å². The summed E-state index contributed by atoms with van der Waals surface area (Å²) in [5, 5.41) is 0. The number of piperazine rings is 2. The van der Waals surface area contributed by atoms with Crippen molar-refractivity contribution < 1.29 is 4.74 Å². The molecule has 0 spiro atoms. The van der Waals surface area contributed by atoms with E-state index in [-0.39, 0.29) is 0 Å². The highest BCUT2D eigenvalue weighted by Crippen LogP contribution is 2.37. The Balaban J connectivity index is 1.89. The first-order chi connectivity index (χ1) is 10.8. The van der Waals surface area contributed by atoms with Gasteiger partial charge < -0.3 is 9.64 Å². The fourth-order valence-electron chi connectivity index (χ4n) is 4.76. The molecule has 2 unspecified atom stereocenters. The van der Waals surface area contributed by atoms with Crippen molar-refractivity contribution >= 4 is 0 Å².